The highest BCUT2D eigenvalue weighted by Gasteiger charge is 2.05. The summed E-state index contributed by atoms with van der Waals surface area (Å²) in [5, 5.41) is 5.16. The normalized spacial score (nSPS) is 9.43. The molecule has 1 heterocycles. The van der Waals surface area contributed by atoms with Crippen LogP contribution in [0.4, 0.5) is 0 Å². The number of rotatable bonds is 6. The van der Waals surface area contributed by atoms with Gasteiger partial charge in [-0.25, -0.2) is 0 Å². The third-order valence-corrected chi connectivity index (χ3v) is 1.61. The first-order valence-electron chi connectivity index (χ1n) is 4.33. The third-order valence-electron chi connectivity index (χ3n) is 1.61. The molecule has 0 fully saturated rings. The number of carbonyl (C=O) groups excluding carboxylic acids is 2. The molecule has 5 nitrogen and oxygen atoms in total. The summed E-state index contributed by atoms with van der Waals surface area (Å²) in [5.74, 6) is 0.0643. The van der Waals surface area contributed by atoms with Crippen LogP contribution in [0.3, 0.4) is 0 Å². The third kappa shape index (κ3) is 3.30. The van der Waals surface area contributed by atoms with E-state index in [0.717, 1.165) is 0 Å². The lowest BCUT2D eigenvalue weighted by molar-refractivity contribution is -0.109. The van der Waals surface area contributed by atoms with Gasteiger partial charge in [-0.3, -0.25) is 9.59 Å². The number of nitrogens with one attached hydrogen (secondary N) is 2. The molecule has 76 valence electrons. The van der Waals surface area contributed by atoms with Crippen molar-refractivity contribution >= 4 is 12.3 Å². The Morgan fingerprint density at radius 1 is 1.50 bits per heavy atom. The van der Waals surface area contributed by atoms with E-state index in [-0.39, 0.29) is 5.91 Å². The zero-order valence-corrected chi connectivity index (χ0v) is 7.66. The molecule has 0 aliphatic rings. The standard InChI is InChI=1S/C9H12N2O3/c12-7-10-4-2-5-11-9(13)8-3-1-6-14-8/h1,3,6-7H,2,4-5H2,(H,10,12)(H,11,13). The summed E-state index contributed by atoms with van der Waals surface area (Å²) in [6.45, 7) is 1.07. The number of carbonyl (C=O) groups is 2. The Morgan fingerprint density at radius 3 is 3.00 bits per heavy atom. The van der Waals surface area contributed by atoms with Crippen LogP contribution in [0, 0.1) is 0 Å². The van der Waals surface area contributed by atoms with Crippen LogP contribution in [-0.4, -0.2) is 25.4 Å². The van der Waals surface area contributed by atoms with Gasteiger partial charge in [0.1, 0.15) is 0 Å². The van der Waals surface area contributed by atoms with Gasteiger partial charge in [0.2, 0.25) is 6.41 Å². The van der Waals surface area contributed by atoms with Crippen LogP contribution in [0.5, 0.6) is 0 Å². The van der Waals surface area contributed by atoms with Crippen LogP contribution in [-0.2, 0) is 4.79 Å². The van der Waals surface area contributed by atoms with E-state index in [4.69, 9.17) is 4.42 Å². The van der Waals surface area contributed by atoms with E-state index in [0.29, 0.717) is 31.7 Å². The molecule has 0 aliphatic heterocycles. The van der Waals surface area contributed by atoms with Gasteiger partial charge in [0.05, 0.1) is 6.26 Å². The van der Waals surface area contributed by atoms with Gasteiger partial charge in [0, 0.05) is 13.1 Å². The van der Waals surface area contributed by atoms with E-state index in [1.807, 2.05) is 0 Å². The molecular weight excluding hydrogens is 184 g/mol. The first-order chi connectivity index (χ1) is 6.84. The topological polar surface area (TPSA) is 71.3 Å². The minimum Gasteiger partial charge on any atom is -0.459 e. The molecular formula is C9H12N2O3. The van der Waals surface area contributed by atoms with Crippen molar-refractivity contribution in [2.45, 2.75) is 6.42 Å². The smallest absolute Gasteiger partial charge is 0.286 e. The predicted molar refractivity (Wildman–Crippen MR) is 49.7 cm³/mol. The van der Waals surface area contributed by atoms with Crippen molar-refractivity contribution in [3.63, 3.8) is 0 Å². The summed E-state index contributed by atoms with van der Waals surface area (Å²) in [7, 11) is 0. The van der Waals surface area contributed by atoms with Crippen molar-refractivity contribution in [1.82, 2.24) is 10.6 Å². The van der Waals surface area contributed by atoms with Crippen LogP contribution < -0.4 is 10.6 Å². The second-order valence-electron chi connectivity index (χ2n) is 2.66. The summed E-state index contributed by atoms with van der Waals surface area (Å²) in [4.78, 5) is 21.1. The minimum absolute atomic E-state index is 0.235. The Labute approximate surface area is 81.5 Å². The molecule has 0 aliphatic carbocycles. The van der Waals surface area contributed by atoms with E-state index in [9.17, 15) is 9.59 Å². The predicted octanol–water partition coefficient (Wildman–Crippen LogP) is 0.145. The van der Waals surface area contributed by atoms with Crippen LogP contribution in [0.2, 0.25) is 0 Å². The van der Waals surface area contributed by atoms with Crippen molar-refractivity contribution in [2.75, 3.05) is 13.1 Å². The van der Waals surface area contributed by atoms with Crippen molar-refractivity contribution in [2.24, 2.45) is 0 Å². The van der Waals surface area contributed by atoms with Gasteiger partial charge in [-0.1, -0.05) is 0 Å². The number of hydrogen-bond donors (Lipinski definition) is 2. The fourth-order valence-corrected chi connectivity index (χ4v) is 0.946. The Morgan fingerprint density at radius 2 is 2.36 bits per heavy atom. The SMILES string of the molecule is O=CNCCCNC(=O)c1ccco1. The summed E-state index contributed by atoms with van der Waals surface area (Å²) < 4.78 is 4.89. The van der Waals surface area contributed by atoms with Crippen LogP contribution >= 0.6 is 0 Å². The molecule has 1 aromatic heterocycles. The zero-order chi connectivity index (χ0) is 10.2. The fraction of sp³-hybridized carbons (Fsp3) is 0.333. The molecule has 1 aromatic rings. The minimum atomic E-state index is -0.235. The maximum Gasteiger partial charge on any atom is 0.286 e. The lowest BCUT2D eigenvalue weighted by Gasteiger charge is -2.01. The van der Waals surface area contributed by atoms with Gasteiger partial charge >= 0.3 is 0 Å². The maximum absolute atomic E-state index is 11.2. The van der Waals surface area contributed by atoms with Gasteiger partial charge in [-0.2, -0.15) is 0 Å². The van der Waals surface area contributed by atoms with E-state index in [1.54, 1.807) is 12.1 Å². The molecule has 0 spiro atoms. The molecule has 0 saturated heterocycles. The Bertz CT molecular complexity index is 282. The molecule has 0 bridgehead atoms. The molecule has 0 radical (unpaired) electrons. The molecule has 5 heteroatoms. The summed E-state index contributed by atoms with van der Waals surface area (Å²) in [5.41, 5.74) is 0. The molecule has 2 N–H and O–H groups in total. The number of furan rings is 1. The quantitative estimate of drug-likeness (QED) is 0.502. The second kappa shape index (κ2) is 5.80. The number of hydrogen-bond acceptors (Lipinski definition) is 3. The van der Waals surface area contributed by atoms with Crippen LogP contribution in [0.25, 0.3) is 0 Å². The largest absolute Gasteiger partial charge is 0.459 e. The van der Waals surface area contributed by atoms with Gasteiger partial charge in [-0.15, -0.1) is 0 Å². The highest BCUT2D eigenvalue weighted by atomic mass is 16.3. The molecule has 0 saturated carbocycles. The van der Waals surface area contributed by atoms with Crippen LogP contribution in [0.15, 0.2) is 22.8 Å². The molecule has 2 amide bonds. The highest BCUT2D eigenvalue weighted by Crippen LogP contribution is 1.98. The lowest BCUT2D eigenvalue weighted by atomic mass is 10.4. The van der Waals surface area contributed by atoms with Crippen molar-refractivity contribution < 1.29 is 14.0 Å². The summed E-state index contributed by atoms with van der Waals surface area (Å²) in [6.07, 6.45) is 2.78. The Hall–Kier alpha value is -1.78. The molecule has 0 aromatic carbocycles. The highest BCUT2D eigenvalue weighted by molar-refractivity contribution is 5.91. The monoisotopic (exact) mass is 196 g/mol. The van der Waals surface area contributed by atoms with Gasteiger partial charge in [-0.05, 0) is 18.6 Å². The zero-order valence-electron chi connectivity index (χ0n) is 7.66. The van der Waals surface area contributed by atoms with Crippen molar-refractivity contribution in [3.8, 4) is 0 Å². The molecule has 14 heavy (non-hydrogen) atoms. The Kier molecular flexibility index (Phi) is 4.26. The van der Waals surface area contributed by atoms with E-state index in [2.05, 4.69) is 10.6 Å². The van der Waals surface area contributed by atoms with Crippen molar-refractivity contribution in [1.29, 1.82) is 0 Å². The van der Waals surface area contributed by atoms with E-state index in [1.165, 1.54) is 6.26 Å². The first kappa shape index (κ1) is 10.3. The molecule has 0 unspecified atom stereocenters. The summed E-state index contributed by atoms with van der Waals surface area (Å²) in [6, 6.07) is 3.25. The lowest BCUT2D eigenvalue weighted by Crippen LogP contribution is -2.26. The maximum atomic E-state index is 11.2. The van der Waals surface area contributed by atoms with E-state index < -0.39 is 0 Å². The second-order valence-corrected chi connectivity index (χ2v) is 2.66. The first-order valence-corrected chi connectivity index (χ1v) is 4.33. The van der Waals surface area contributed by atoms with Gasteiger partial charge in [0.25, 0.3) is 5.91 Å². The Balaban J connectivity index is 2.13. The van der Waals surface area contributed by atoms with E-state index >= 15 is 0 Å². The molecule has 1 rings (SSSR count). The average Bonchev–Trinajstić information content (AvgIpc) is 2.70. The summed E-state index contributed by atoms with van der Waals surface area (Å²) >= 11 is 0. The number of amides is 2. The van der Waals surface area contributed by atoms with Gasteiger partial charge < -0.3 is 15.1 Å². The average molecular weight is 196 g/mol. The van der Waals surface area contributed by atoms with Crippen molar-refractivity contribution in [3.05, 3.63) is 24.2 Å². The fourth-order valence-electron chi connectivity index (χ4n) is 0.946. The van der Waals surface area contributed by atoms with Crippen LogP contribution in [0.1, 0.15) is 17.0 Å². The van der Waals surface area contributed by atoms with Gasteiger partial charge in [0.15, 0.2) is 5.76 Å². The molecule has 0 atom stereocenters.